The maximum atomic E-state index is 6.02. The van der Waals surface area contributed by atoms with Gasteiger partial charge in [0.05, 0.1) is 6.04 Å². The van der Waals surface area contributed by atoms with Crippen LogP contribution in [0.15, 0.2) is 0 Å². The molecule has 0 aromatic carbocycles. The highest BCUT2D eigenvalue weighted by Crippen LogP contribution is 2.38. The van der Waals surface area contributed by atoms with Crippen molar-refractivity contribution in [1.82, 2.24) is 14.8 Å². The van der Waals surface area contributed by atoms with Gasteiger partial charge in [0.15, 0.2) is 5.82 Å². The minimum absolute atomic E-state index is 0.0552. The summed E-state index contributed by atoms with van der Waals surface area (Å²) in [5.74, 6) is 2.27. The average molecular weight is 181 g/mol. The summed E-state index contributed by atoms with van der Waals surface area (Å²) in [6.45, 7) is 0. The van der Waals surface area contributed by atoms with Crippen LogP contribution in [0.25, 0.3) is 0 Å². The van der Waals surface area contributed by atoms with Gasteiger partial charge in [-0.15, -0.1) is 10.2 Å². The summed E-state index contributed by atoms with van der Waals surface area (Å²) in [6.07, 6.45) is 2.45. The zero-order chi connectivity index (χ0) is 9.42. The fourth-order valence-electron chi connectivity index (χ4n) is 1.52. The minimum Gasteiger partial charge on any atom is -0.357 e. The number of aromatic nitrogens is 3. The zero-order valence-electron chi connectivity index (χ0n) is 7.99. The van der Waals surface area contributed by atoms with E-state index in [1.54, 1.807) is 0 Å². The SMILES string of the molecule is CNc1nnc(C(N)C2CC2)n1C. The fraction of sp³-hybridized carbons (Fsp3) is 0.750. The third kappa shape index (κ3) is 1.39. The van der Waals surface area contributed by atoms with Gasteiger partial charge >= 0.3 is 0 Å². The van der Waals surface area contributed by atoms with Gasteiger partial charge in [0.1, 0.15) is 0 Å². The van der Waals surface area contributed by atoms with Crippen LogP contribution >= 0.6 is 0 Å². The lowest BCUT2D eigenvalue weighted by Crippen LogP contribution is -2.17. The van der Waals surface area contributed by atoms with Crippen molar-refractivity contribution >= 4 is 5.95 Å². The van der Waals surface area contributed by atoms with E-state index in [9.17, 15) is 0 Å². The summed E-state index contributed by atoms with van der Waals surface area (Å²) < 4.78 is 1.92. The van der Waals surface area contributed by atoms with Crippen molar-refractivity contribution in [1.29, 1.82) is 0 Å². The van der Waals surface area contributed by atoms with Crippen LogP contribution in [0.2, 0.25) is 0 Å². The molecule has 2 rings (SSSR count). The second-order valence-corrected chi connectivity index (χ2v) is 3.55. The van der Waals surface area contributed by atoms with Crippen LogP contribution in [-0.4, -0.2) is 21.8 Å². The zero-order valence-corrected chi connectivity index (χ0v) is 7.99. The van der Waals surface area contributed by atoms with Crippen molar-refractivity contribution in [3.05, 3.63) is 5.82 Å². The van der Waals surface area contributed by atoms with Crippen LogP contribution in [0.5, 0.6) is 0 Å². The standard InChI is InChI=1S/C8H15N5/c1-10-8-12-11-7(13(8)2)6(9)5-3-4-5/h5-6H,3-4,9H2,1-2H3,(H,10,12). The summed E-state index contributed by atoms with van der Waals surface area (Å²) in [7, 11) is 3.76. The number of hydrogen-bond acceptors (Lipinski definition) is 4. The first-order valence-corrected chi connectivity index (χ1v) is 4.56. The number of nitrogens with two attached hydrogens (primary N) is 1. The lowest BCUT2D eigenvalue weighted by Gasteiger charge is -2.09. The second-order valence-electron chi connectivity index (χ2n) is 3.55. The third-order valence-corrected chi connectivity index (χ3v) is 2.56. The molecule has 1 aromatic heterocycles. The van der Waals surface area contributed by atoms with E-state index in [1.165, 1.54) is 12.8 Å². The Hall–Kier alpha value is -1.10. The highest BCUT2D eigenvalue weighted by Gasteiger charge is 2.32. The van der Waals surface area contributed by atoms with Crippen molar-refractivity contribution < 1.29 is 0 Å². The summed E-state index contributed by atoms with van der Waals surface area (Å²) in [5.41, 5.74) is 6.02. The number of nitrogens with zero attached hydrogens (tertiary/aromatic N) is 3. The Balaban J connectivity index is 2.23. The predicted molar refractivity (Wildman–Crippen MR) is 50.2 cm³/mol. The molecular formula is C8H15N5. The van der Waals surface area contributed by atoms with Gasteiger partial charge in [0.25, 0.3) is 0 Å². The fourth-order valence-corrected chi connectivity index (χ4v) is 1.52. The Labute approximate surface area is 77.3 Å². The first-order chi connectivity index (χ1) is 6.24. The number of nitrogens with one attached hydrogen (secondary N) is 1. The molecule has 5 nitrogen and oxygen atoms in total. The minimum atomic E-state index is 0.0552. The molecule has 72 valence electrons. The number of hydrogen-bond donors (Lipinski definition) is 2. The van der Waals surface area contributed by atoms with Crippen molar-refractivity contribution in [2.75, 3.05) is 12.4 Å². The van der Waals surface area contributed by atoms with Crippen LogP contribution in [0.4, 0.5) is 5.95 Å². The van der Waals surface area contributed by atoms with E-state index in [0.717, 1.165) is 11.8 Å². The summed E-state index contributed by atoms with van der Waals surface area (Å²) in [4.78, 5) is 0. The van der Waals surface area contributed by atoms with Gasteiger partial charge in [-0.3, -0.25) is 4.57 Å². The molecule has 0 amide bonds. The van der Waals surface area contributed by atoms with Crippen molar-refractivity contribution in [3.63, 3.8) is 0 Å². The normalized spacial score (nSPS) is 18.7. The predicted octanol–water partition coefficient (Wildman–Crippen LogP) is 0.267. The summed E-state index contributed by atoms with van der Waals surface area (Å²) in [6, 6.07) is 0.0552. The van der Waals surface area contributed by atoms with E-state index < -0.39 is 0 Å². The molecule has 3 N–H and O–H groups in total. The summed E-state index contributed by atoms with van der Waals surface area (Å²) >= 11 is 0. The molecule has 1 heterocycles. The van der Waals surface area contributed by atoms with Crippen LogP contribution in [0.3, 0.4) is 0 Å². The van der Waals surface area contributed by atoms with Gasteiger partial charge in [0.2, 0.25) is 5.95 Å². The lowest BCUT2D eigenvalue weighted by molar-refractivity contribution is 0.569. The molecular weight excluding hydrogens is 166 g/mol. The number of anilines is 1. The second kappa shape index (κ2) is 2.99. The Morgan fingerprint density at radius 2 is 2.23 bits per heavy atom. The Kier molecular flexibility index (Phi) is 1.95. The topological polar surface area (TPSA) is 68.8 Å². The molecule has 1 unspecified atom stereocenters. The maximum Gasteiger partial charge on any atom is 0.224 e. The lowest BCUT2D eigenvalue weighted by atomic mass is 10.2. The Bertz CT molecular complexity index is 301. The Morgan fingerprint density at radius 1 is 1.54 bits per heavy atom. The quantitative estimate of drug-likeness (QED) is 0.702. The molecule has 1 atom stereocenters. The van der Waals surface area contributed by atoms with E-state index >= 15 is 0 Å². The van der Waals surface area contributed by atoms with E-state index in [1.807, 2.05) is 18.7 Å². The van der Waals surface area contributed by atoms with Crippen LogP contribution in [0.1, 0.15) is 24.7 Å². The highest BCUT2D eigenvalue weighted by atomic mass is 15.3. The maximum absolute atomic E-state index is 6.02. The first kappa shape index (κ1) is 8.50. The first-order valence-electron chi connectivity index (χ1n) is 4.56. The molecule has 0 bridgehead atoms. The van der Waals surface area contributed by atoms with Gasteiger partial charge in [-0.1, -0.05) is 0 Å². The molecule has 1 aromatic rings. The Morgan fingerprint density at radius 3 is 2.69 bits per heavy atom. The molecule has 13 heavy (non-hydrogen) atoms. The van der Waals surface area contributed by atoms with Gasteiger partial charge in [-0.05, 0) is 18.8 Å². The van der Waals surface area contributed by atoms with Crippen LogP contribution in [0, 0.1) is 5.92 Å². The van der Waals surface area contributed by atoms with Crippen LogP contribution in [-0.2, 0) is 7.05 Å². The van der Waals surface area contributed by atoms with E-state index in [-0.39, 0.29) is 6.04 Å². The van der Waals surface area contributed by atoms with Crippen molar-refractivity contribution in [2.24, 2.45) is 18.7 Å². The third-order valence-electron chi connectivity index (χ3n) is 2.56. The number of rotatable bonds is 3. The molecule has 0 saturated heterocycles. The van der Waals surface area contributed by atoms with E-state index in [4.69, 9.17) is 5.73 Å². The average Bonchev–Trinajstić information content (AvgIpc) is 2.89. The van der Waals surface area contributed by atoms with Gasteiger partial charge < -0.3 is 11.1 Å². The van der Waals surface area contributed by atoms with Crippen molar-refractivity contribution in [3.8, 4) is 0 Å². The smallest absolute Gasteiger partial charge is 0.224 e. The van der Waals surface area contributed by atoms with Crippen molar-refractivity contribution in [2.45, 2.75) is 18.9 Å². The molecule has 1 saturated carbocycles. The molecule has 1 aliphatic carbocycles. The van der Waals surface area contributed by atoms with E-state index in [2.05, 4.69) is 15.5 Å². The molecule has 1 fully saturated rings. The monoisotopic (exact) mass is 181 g/mol. The van der Waals surface area contributed by atoms with Gasteiger partial charge in [0, 0.05) is 14.1 Å². The summed E-state index contributed by atoms with van der Waals surface area (Å²) in [5, 5.41) is 11.0. The molecule has 0 aliphatic heterocycles. The molecule has 0 spiro atoms. The molecule has 0 radical (unpaired) electrons. The largest absolute Gasteiger partial charge is 0.357 e. The van der Waals surface area contributed by atoms with Crippen LogP contribution < -0.4 is 11.1 Å². The molecule has 5 heteroatoms. The molecule has 1 aliphatic rings. The highest BCUT2D eigenvalue weighted by molar-refractivity contribution is 5.25. The van der Waals surface area contributed by atoms with E-state index in [0.29, 0.717) is 5.92 Å². The van der Waals surface area contributed by atoms with Gasteiger partial charge in [-0.25, -0.2) is 0 Å². The van der Waals surface area contributed by atoms with Gasteiger partial charge in [-0.2, -0.15) is 0 Å².